The van der Waals surface area contributed by atoms with Crippen LogP contribution in [0.1, 0.15) is 51.9 Å². The van der Waals surface area contributed by atoms with Gasteiger partial charge in [-0.05, 0) is 26.9 Å². The number of carbonyl (C=O) groups is 1. The van der Waals surface area contributed by atoms with Crippen LogP contribution in [0.4, 0.5) is 0 Å². The van der Waals surface area contributed by atoms with Gasteiger partial charge in [0.2, 0.25) is 0 Å². The topological polar surface area (TPSA) is 48.0 Å². The summed E-state index contributed by atoms with van der Waals surface area (Å²) in [5, 5.41) is 0.308. The highest BCUT2D eigenvalue weighted by Gasteiger charge is 2.38. The van der Waals surface area contributed by atoms with Gasteiger partial charge in [0.15, 0.2) is 5.12 Å². The minimum atomic E-state index is -2.57. The van der Waals surface area contributed by atoms with Crippen LogP contribution in [0.3, 0.4) is 0 Å². The van der Waals surface area contributed by atoms with E-state index in [0.717, 1.165) is 31.2 Å². The summed E-state index contributed by atoms with van der Waals surface area (Å²) in [6, 6.07) is 0.754. The third-order valence-electron chi connectivity index (χ3n) is 3.86. The van der Waals surface area contributed by atoms with Crippen molar-refractivity contribution in [2.24, 2.45) is 0 Å². The highest BCUT2D eigenvalue weighted by atomic mass is 32.2. The van der Waals surface area contributed by atoms with Crippen molar-refractivity contribution in [2.75, 3.05) is 47.2 Å². The number of carbonyl (C=O) groups excluding carboxylic acids is 1. The van der Waals surface area contributed by atoms with E-state index in [2.05, 4.69) is 11.8 Å². The van der Waals surface area contributed by atoms with Crippen molar-refractivity contribution in [3.63, 3.8) is 0 Å². The van der Waals surface area contributed by atoms with E-state index < -0.39 is 8.80 Å². The molecule has 0 unspecified atom stereocenters. The van der Waals surface area contributed by atoms with Gasteiger partial charge in [0.05, 0.1) is 6.61 Å². The Morgan fingerprint density at radius 2 is 1.71 bits per heavy atom. The van der Waals surface area contributed by atoms with Crippen LogP contribution >= 0.6 is 11.8 Å². The van der Waals surface area contributed by atoms with Gasteiger partial charge in [-0.15, -0.1) is 0 Å². The van der Waals surface area contributed by atoms with E-state index in [1.807, 2.05) is 14.1 Å². The van der Waals surface area contributed by atoms with Crippen LogP contribution in [0.25, 0.3) is 0 Å². The molecule has 0 radical (unpaired) electrons. The first-order valence-corrected chi connectivity index (χ1v) is 12.0. The summed E-state index contributed by atoms with van der Waals surface area (Å²) in [6.45, 7) is 3.64. The summed E-state index contributed by atoms with van der Waals surface area (Å²) in [5.41, 5.74) is 0. The monoisotopic (exact) mass is 379 g/mol. The van der Waals surface area contributed by atoms with Crippen molar-refractivity contribution in [1.82, 2.24) is 4.90 Å². The Balaban J connectivity index is 3.88. The van der Waals surface area contributed by atoms with Gasteiger partial charge in [-0.25, -0.2) is 0 Å². The maximum atomic E-state index is 11.9. The summed E-state index contributed by atoms with van der Waals surface area (Å²) in [7, 11) is 4.75. The molecule has 0 aromatic rings. The summed E-state index contributed by atoms with van der Waals surface area (Å²) in [6.07, 6.45) is 7.53. The number of rotatable bonds is 16. The lowest BCUT2D eigenvalue weighted by Gasteiger charge is -2.27. The van der Waals surface area contributed by atoms with E-state index in [1.54, 1.807) is 14.2 Å². The summed E-state index contributed by atoms with van der Waals surface area (Å²) >= 11 is 1.44. The Hall–Kier alpha value is 0.0769. The van der Waals surface area contributed by atoms with Crippen LogP contribution in [0, 0.1) is 0 Å². The van der Waals surface area contributed by atoms with Gasteiger partial charge in [0.1, 0.15) is 0 Å². The predicted molar refractivity (Wildman–Crippen MR) is 105 cm³/mol. The zero-order valence-corrected chi connectivity index (χ0v) is 18.1. The molecule has 0 aliphatic carbocycles. The first kappa shape index (κ1) is 24.1. The molecule has 0 saturated heterocycles. The molecule has 7 heteroatoms. The van der Waals surface area contributed by atoms with Crippen molar-refractivity contribution in [1.29, 1.82) is 0 Å². The molecule has 0 rings (SSSR count). The molecule has 0 saturated carbocycles. The number of likely N-dealkylation sites (N-methyl/N-ethyl adjacent to an activating group) is 1. The number of thioether (sulfide) groups is 1. The third kappa shape index (κ3) is 12.4. The van der Waals surface area contributed by atoms with Crippen LogP contribution in [0.15, 0.2) is 0 Å². The lowest BCUT2D eigenvalue weighted by molar-refractivity contribution is -0.111. The molecule has 0 N–H and O–H groups in total. The molecule has 0 fully saturated rings. The molecule has 0 aromatic carbocycles. The van der Waals surface area contributed by atoms with Crippen LogP contribution in [0.5, 0.6) is 0 Å². The van der Waals surface area contributed by atoms with Crippen molar-refractivity contribution >= 4 is 25.7 Å². The van der Waals surface area contributed by atoms with Gasteiger partial charge in [-0.2, -0.15) is 0 Å². The molecule has 24 heavy (non-hydrogen) atoms. The van der Waals surface area contributed by atoms with Crippen molar-refractivity contribution in [2.45, 2.75) is 57.9 Å². The second-order valence-electron chi connectivity index (χ2n) is 6.23. The largest absolute Gasteiger partial charge is 0.500 e. The van der Waals surface area contributed by atoms with Gasteiger partial charge >= 0.3 is 8.80 Å². The molecule has 5 nitrogen and oxygen atoms in total. The zero-order chi connectivity index (χ0) is 18.3. The van der Waals surface area contributed by atoms with Gasteiger partial charge in [-0.1, -0.05) is 44.4 Å². The van der Waals surface area contributed by atoms with E-state index in [9.17, 15) is 4.79 Å². The maximum absolute atomic E-state index is 11.9. The van der Waals surface area contributed by atoms with Crippen molar-refractivity contribution in [3.05, 3.63) is 0 Å². The molecule has 144 valence electrons. The Labute approximate surface area is 154 Å². The highest BCUT2D eigenvalue weighted by molar-refractivity contribution is 8.13. The summed E-state index contributed by atoms with van der Waals surface area (Å²) < 4.78 is 17.0. The maximum Gasteiger partial charge on any atom is 0.500 e. The molecular weight excluding hydrogens is 342 g/mol. The van der Waals surface area contributed by atoms with Crippen molar-refractivity contribution in [3.8, 4) is 0 Å². The minimum absolute atomic E-state index is 0.308. The fourth-order valence-electron chi connectivity index (χ4n) is 2.28. The molecule has 0 amide bonds. The molecule has 0 heterocycles. The Bertz CT molecular complexity index is 315. The molecule has 0 bridgehead atoms. The fraction of sp³-hybridized carbons (Fsp3) is 0.941. The first-order chi connectivity index (χ1) is 11.5. The quantitative estimate of drug-likeness (QED) is 0.300. The van der Waals surface area contributed by atoms with Gasteiger partial charge < -0.3 is 18.2 Å². The SMILES string of the molecule is CCCCCCCC(=O)SCCC[Si](OC)(OC)OCCN(C)C. The lowest BCUT2D eigenvalue weighted by Crippen LogP contribution is -2.45. The average molecular weight is 380 g/mol. The molecule has 0 aliphatic heterocycles. The van der Waals surface area contributed by atoms with E-state index in [-0.39, 0.29) is 0 Å². The average Bonchev–Trinajstić information content (AvgIpc) is 2.56. The highest BCUT2D eigenvalue weighted by Crippen LogP contribution is 2.19. The predicted octanol–water partition coefficient (Wildman–Crippen LogP) is 3.81. The molecule has 0 aliphatic rings. The lowest BCUT2D eigenvalue weighted by atomic mass is 10.1. The van der Waals surface area contributed by atoms with Gasteiger partial charge in [-0.3, -0.25) is 4.79 Å². The third-order valence-corrected chi connectivity index (χ3v) is 7.73. The number of hydrogen-bond donors (Lipinski definition) is 0. The molecule has 0 atom stereocenters. The minimum Gasteiger partial charge on any atom is -0.377 e. The molecule has 0 spiro atoms. The first-order valence-electron chi connectivity index (χ1n) is 9.04. The fourth-order valence-corrected chi connectivity index (χ4v) is 5.31. The number of nitrogens with zero attached hydrogens (tertiary/aromatic N) is 1. The van der Waals surface area contributed by atoms with E-state index >= 15 is 0 Å². The Kier molecular flexibility index (Phi) is 15.4. The summed E-state index contributed by atoms with van der Waals surface area (Å²) in [4.78, 5) is 13.9. The van der Waals surface area contributed by atoms with E-state index in [4.69, 9.17) is 13.3 Å². The number of hydrogen-bond acceptors (Lipinski definition) is 6. The van der Waals surface area contributed by atoms with Crippen LogP contribution in [0.2, 0.25) is 6.04 Å². The van der Waals surface area contributed by atoms with Gasteiger partial charge in [0, 0.05) is 39.0 Å². The van der Waals surface area contributed by atoms with E-state index in [1.165, 1.54) is 37.4 Å². The Morgan fingerprint density at radius 1 is 1.04 bits per heavy atom. The Morgan fingerprint density at radius 3 is 2.29 bits per heavy atom. The van der Waals surface area contributed by atoms with Crippen molar-refractivity contribution < 1.29 is 18.1 Å². The molecular formula is C17H37NO4SSi. The standard InChI is InChI=1S/C17H37NO4SSi/c1-6-7-8-9-10-12-17(19)23-15-11-16-24(20-4,21-5)22-14-13-18(2)3/h6-16H2,1-5H3. The van der Waals surface area contributed by atoms with E-state index in [0.29, 0.717) is 18.1 Å². The van der Waals surface area contributed by atoms with Gasteiger partial charge in [0.25, 0.3) is 0 Å². The summed E-state index contributed by atoms with van der Waals surface area (Å²) in [5.74, 6) is 0.812. The van der Waals surface area contributed by atoms with Crippen LogP contribution < -0.4 is 0 Å². The normalized spacial score (nSPS) is 12.1. The van der Waals surface area contributed by atoms with Crippen LogP contribution in [-0.4, -0.2) is 66.0 Å². The second-order valence-corrected chi connectivity index (χ2v) is 10.4. The molecule has 0 aromatic heterocycles. The smallest absolute Gasteiger partial charge is 0.377 e. The number of unbranched alkanes of at least 4 members (excludes halogenated alkanes) is 4. The zero-order valence-electron chi connectivity index (χ0n) is 16.3. The van der Waals surface area contributed by atoms with Crippen LogP contribution in [-0.2, 0) is 18.1 Å². The second kappa shape index (κ2) is 15.3.